The minimum absolute atomic E-state index is 0.0125. The molecule has 3 rings (SSSR count). The molecule has 3 aromatic rings. The van der Waals surface area contributed by atoms with E-state index < -0.39 is 38.1 Å². The van der Waals surface area contributed by atoms with Gasteiger partial charge in [-0.25, -0.2) is 21.6 Å². The van der Waals surface area contributed by atoms with Crippen LogP contribution in [0.2, 0.25) is 0 Å². The van der Waals surface area contributed by atoms with Crippen LogP contribution >= 0.6 is 0 Å². The molecule has 0 aliphatic heterocycles. The van der Waals surface area contributed by atoms with Gasteiger partial charge in [-0.3, -0.25) is 4.72 Å². The number of hydrogen-bond acceptors (Lipinski definition) is 3. The summed E-state index contributed by atoms with van der Waals surface area (Å²) in [6.45, 7) is 2.78. The second kappa shape index (κ2) is 8.74. The average Bonchev–Trinajstić information content (AvgIpc) is 2.72. The predicted octanol–water partition coefficient (Wildman–Crippen LogP) is 4.93. The molecule has 0 spiro atoms. The molecule has 0 amide bonds. The molecule has 160 valence electrons. The lowest BCUT2D eigenvalue weighted by atomic mass is 10.1. The van der Waals surface area contributed by atoms with Crippen molar-refractivity contribution in [3.05, 3.63) is 88.2 Å². The summed E-state index contributed by atoms with van der Waals surface area (Å²) in [5.74, 6) is 2.94. The number of ether oxygens (including phenoxy) is 1. The quantitative estimate of drug-likeness (QED) is 0.580. The highest BCUT2D eigenvalue weighted by atomic mass is 32.2. The van der Waals surface area contributed by atoms with Crippen LogP contribution in [-0.2, 0) is 10.0 Å². The summed E-state index contributed by atoms with van der Waals surface area (Å²) in [7, 11) is -2.93. The van der Waals surface area contributed by atoms with Crippen molar-refractivity contribution in [2.24, 2.45) is 0 Å². The van der Waals surface area contributed by atoms with Gasteiger partial charge in [0.05, 0.1) is 12.0 Å². The van der Waals surface area contributed by atoms with E-state index >= 15 is 0 Å². The predicted molar refractivity (Wildman–Crippen MR) is 112 cm³/mol. The van der Waals surface area contributed by atoms with Gasteiger partial charge in [0.2, 0.25) is 0 Å². The normalized spacial score (nSPS) is 10.9. The van der Waals surface area contributed by atoms with Gasteiger partial charge in [-0.1, -0.05) is 17.9 Å². The maximum Gasteiger partial charge on any atom is 0.262 e. The Morgan fingerprint density at radius 1 is 0.871 bits per heavy atom. The van der Waals surface area contributed by atoms with Gasteiger partial charge in [0, 0.05) is 16.7 Å². The Morgan fingerprint density at radius 2 is 1.52 bits per heavy atom. The van der Waals surface area contributed by atoms with Crippen LogP contribution < -0.4 is 9.46 Å². The molecule has 0 heterocycles. The highest BCUT2D eigenvalue weighted by Crippen LogP contribution is 2.27. The number of sulfonamides is 1. The van der Waals surface area contributed by atoms with Crippen LogP contribution in [0.1, 0.15) is 22.3 Å². The van der Waals surface area contributed by atoms with E-state index in [2.05, 4.69) is 11.8 Å². The average molecular weight is 445 g/mol. The standard InChI is InChI=1S/C23H18F3NO3S/c1-14-9-19(24)15(2)22(10-14)31(28,29)27-23-20(25)12-17(13-21(23)26)8-7-16-5-4-6-18(11-16)30-3/h4-6,9-13,27H,1-3H3. The van der Waals surface area contributed by atoms with Gasteiger partial charge in [-0.15, -0.1) is 0 Å². The first-order valence-corrected chi connectivity index (χ1v) is 10.5. The van der Waals surface area contributed by atoms with Crippen LogP contribution in [0.25, 0.3) is 0 Å². The molecular weight excluding hydrogens is 427 g/mol. The molecule has 31 heavy (non-hydrogen) atoms. The monoisotopic (exact) mass is 445 g/mol. The zero-order valence-corrected chi connectivity index (χ0v) is 17.7. The van der Waals surface area contributed by atoms with Gasteiger partial charge in [0.25, 0.3) is 10.0 Å². The summed E-state index contributed by atoms with van der Waals surface area (Å²) in [5.41, 5.74) is -0.0824. The largest absolute Gasteiger partial charge is 0.497 e. The van der Waals surface area contributed by atoms with E-state index in [4.69, 9.17) is 4.74 Å². The fourth-order valence-electron chi connectivity index (χ4n) is 2.84. The van der Waals surface area contributed by atoms with Crippen molar-refractivity contribution in [2.75, 3.05) is 11.8 Å². The van der Waals surface area contributed by atoms with Crippen LogP contribution in [0.4, 0.5) is 18.9 Å². The summed E-state index contributed by atoms with van der Waals surface area (Å²) in [5, 5.41) is 0. The van der Waals surface area contributed by atoms with Crippen molar-refractivity contribution in [3.63, 3.8) is 0 Å². The Balaban J connectivity index is 1.94. The molecule has 0 aliphatic carbocycles. The number of methoxy groups -OCH3 is 1. The first kappa shape index (κ1) is 22.2. The van der Waals surface area contributed by atoms with Gasteiger partial charge >= 0.3 is 0 Å². The first-order valence-electron chi connectivity index (χ1n) is 9.05. The summed E-state index contributed by atoms with van der Waals surface area (Å²) >= 11 is 0. The van der Waals surface area contributed by atoms with Gasteiger partial charge in [-0.05, 0) is 61.9 Å². The van der Waals surface area contributed by atoms with Crippen molar-refractivity contribution in [2.45, 2.75) is 18.7 Å². The molecule has 4 nitrogen and oxygen atoms in total. The minimum atomic E-state index is -4.43. The number of anilines is 1. The van der Waals surface area contributed by atoms with Crippen LogP contribution in [0.15, 0.2) is 53.4 Å². The van der Waals surface area contributed by atoms with Gasteiger partial charge < -0.3 is 4.74 Å². The molecule has 0 radical (unpaired) electrons. The summed E-state index contributed by atoms with van der Waals surface area (Å²) < 4.78 is 75.2. The lowest BCUT2D eigenvalue weighted by Crippen LogP contribution is -2.17. The van der Waals surface area contributed by atoms with Crippen molar-refractivity contribution in [3.8, 4) is 17.6 Å². The number of aryl methyl sites for hydroxylation is 1. The number of hydrogen-bond donors (Lipinski definition) is 1. The molecule has 0 atom stereocenters. The molecule has 0 unspecified atom stereocenters. The third kappa shape index (κ3) is 5.01. The van der Waals surface area contributed by atoms with Crippen molar-refractivity contribution < 1.29 is 26.3 Å². The third-order valence-corrected chi connectivity index (χ3v) is 5.91. The Labute approximate surface area is 178 Å². The number of rotatable bonds is 4. The summed E-state index contributed by atoms with van der Waals surface area (Å²) in [6.07, 6.45) is 0. The lowest BCUT2D eigenvalue weighted by molar-refractivity contribution is 0.414. The van der Waals surface area contributed by atoms with E-state index in [1.165, 1.54) is 33.1 Å². The van der Waals surface area contributed by atoms with Crippen molar-refractivity contribution in [1.29, 1.82) is 0 Å². The molecule has 0 aliphatic rings. The van der Waals surface area contributed by atoms with Gasteiger partial charge in [0.15, 0.2) is 11.6 Å². The first-order chi connectivity index (χ1) is 14.6. The second-order valence-corrected chi connectivity index (χ2v) is 8.42. The molecular formula is C23H18F3NO3S. The smallest absolute Gasteiger partial charge is 0.262 e. The topological polar surface area (TPSA) is 55.4 Å². The number of halogens is 3. The molecule has 3 aromatic carbocycles. The Bertz CT molecular complexity index is 1300. The van der Waals surface area contributed by atoms with Crippen molar-refractivity contribution >= 4 is 15.7 Å². The molecule has 0 fully saturated rings. The highest BCUT2D eigenvalue weighted by Gasteiger charge is 2.23. The van der Waals surface area contributed by atoms with Crippen LogP contribution in [0.3, 0.4) is 0 Å². The number of nitrogens with one attached hydrogen (secondary N) is 1. The third-order valence-electron chi connectivity index (χ3n) is 4.43. The zero-order chi connectivity index (χ0) is 22.8. The van der Waals surface area contributed by atoms with Gasteiger partial charge in [0.1, 0.15) is 17.3 Å². The van der Waals surface area contributed by atoms with E-state index in [1.807, 2.05) is 4.72 Å². The lowest BCUT2D eigenvalue weighted by Gasteiger charge is -2.13. The van der Waals surface area contributed by atoms with E-state index in [0.717, 1.165) is 12.1 Å². The van der Waals surface area contributed by atoms with E-state index in [0.29, 0.717) is 16.9 Å². The molecule has 8 heteroatoms. The second-order valence-electron chi connectivity index (χ2n) is 6.77. The van der Waals surface area contributed by atoms with E-state index in [-0.39, 0.29) is 11.1 Å². The van der Waals surface area contributed by atoms with Crippen molar-refractivity contribution in [1.82, 2.24) is 0 Å². The maximum absolute atomic E-state index is 14.5. The fraction of sp³-hybridized carbons (Fsp3) is 0.130. The summed E-state index contributed by atoms with van der Waals surface area (Å²) in [6, 6.07) is 11.0. The maximum atomic E-state index is 14.5. The summed E-state index contributed by atoms with van der Waals surface area (Å²) in [4.78, 5) is -0.398. The molecule has 0 bridgehead atoms. The van der Waals surface area contributed by atoms with E-state index in [1.54, 1.807) is 24.3 Å². The highest BCUT2D eigenvalue weighted by molar-refractivity contribution is 7.92. The molecule has 0 saturated heterocycles. The minimum Gasteiger partial charge on any atom is -0.497 e. The zero-order valence-electron chi connectivity index (χ0n) is 16.9. The SMILES string of the molecule is COc1cccc(C#Cc2cc(F)c(NS(=O)(=O)c3cc(C)cc(F)c3C)c(F)c2)c1. The Hall–Kier alpha value is -3.44. The molecule has 1 N–H and O–H groups in total. The van der Waals surface area contributed by atoms with Crippen LogP contribution in [-0.4, -0.2) is 15.5 Å². The number of benzene rings is 3. The van der Waals surface area contributed by atoms with Crippen LogP contribution in [0.5, 0.6) is 5.75 Å². The Kier molecular flexibility index (Phi) is 6.27. The van der Waals surface area contributed by atoms with Crippen LogP contribution in [0, 0.1) is 43.1 Å². The van der Waals surface area contributed by atoms with Gasteiger partial charge in [-0.2, -0.15) is 0 Å². The Morgan fingerprint density at radius 3 is 2.16 bits per heavy atom. The molecule has 0 aromatic heterocycles. The van der Waals surface area contributed by atoms with E-state index in [9.17, 15) is 21.6 Å². The fourth-order valence-corrected chi connectivity index (χ4v) is 4.25. The molecule has 0 saturated carbocycles.